The molecule has 0 bridgehead atoms. The molecule has 0 saturated heterocycles. The van der Waals surface area contributed by atoms with E-state index in [4.69, 9.17) is 0 Å². The first-order chi connectivity index (χ1) is 8.50. The highest BCUT2D eigenvalue weighted by atomic mass is 16.3. The monoisotopic (exact) mass is 250 g/mol. The highest BCUT2D eigenvalue weighted by Crippen LogP contribution is 2.18. The highest BCUT2D eigenvalue weighted by molar-refractivity contribution is 5.72. The Morgan fingerprint density at radius 1 is 1.33 bits per heavy atom. The summed E-state index contributed by atoms with van der Waals surface area (Å²) in [7, 11) is 0. The van der Waals surface area contributed by atoms with Gasteiger partial charge in [0.1, 0.15) is 0 Å². The molecule has 1 aromatic rings. The number of amides is 1. The molecule has 4 nitrogen and oxygen atoms in total. The Morgan fingerprint density at radius 2 is 2.06 bits per heavy atom. The van der Waals surface area contributed by atoms with Crippen LogP contribution in [0.3, 0.4) is 0 Å². The lowest BCUT2D eigenvalue weighted by atomic mass is 10.0. The van der Waals surface area contributed by atoms with Gasteiger partial charge in [0.15, 0.2) is 0 Å². The zero-order valence-corrected chi connectivity index (χ0v) is 11.3. The molecule has 1 amide bonds. The van der Waals surface area contributed by atoms with Gasteiger partial charge in [-0.2, -0.15) is 0 Å². The molecule has 0 radical (unpaired) electrons. The molecule has 18 heavy (non-hydrogen) atoms. The van der Waals surface area contributed by atoms with E-state index in [0.29, 0.717) is 19.6 Å². The molecule has 1 rings (SSSR count). The van der Waals surface area contributed by atoms with Crippen LogP contribution in [0.1, 0.15) is 29.7 Å². The third-order valence-corrected chi connectivity index (χ3v) is 2.80. The Morgan fingerprint density at radius 3 is 2.67 bits per heavy atom. The summed E-state index contributed by atoms with van der Waals surface area (Å²) >= 11 is 0. The number of hydrogen-bond donors (Lipinski definition) is 3. The van der Waals surface area contributed by atoms with Crippen LogP contribution in [-0.2, 0) is 4.79 Å². The molecular formula is C14H22N2O2. The van der Waals surface area contributed by atoms with Gasteiger partial charge in [-0.3, -0.25) is 4.79 Å². The molecule has 4 heteroatoms. The van der Waals surface area contributed by atoms with Crippen molar-refractivity contribution in [3.63, 3.8) is 0 Å². The fourth-order valence-corrected chi connectivity index (χ4v) is 1.88. The number of hydrogen-bond acceptors (Lipinski definition) is 3. The van der Waals surface area contributed by atoms with Crippen LogP contribution < -0.4 is 10.6 Å². The Hall–Kier alpha value is -1.39. The van der Waals surface area contributed by atoms with Crippen molar-refractivity contribution < 1.29 is 9.90 Å². The first-order valence-corrected chi connectivity index (χ1v) is 6.21. The third kappa shape index (κ3) is 4.85. The summed E-state index contributed by atoms with van der Waals surface area (Å²) in [5.74, 6) is -0.0354. The summed E-state index contributed by atoms with van der Waals surface area (Å²) in [4.78, 5) is 10.7. The van der Waals surface area contributed by atoms with Gasteiger partial charge in [-0.15, -0.1) is 0 Å². The maximum atomic E-state index is 10.7. The molecule has 0 heterocycles. The van der Waals surface area contributed by atoms with Crippen LogP contribution in [-0.4, -0.2) is 30.6 Å². The van der Waals surface area contributed by atoms with E-state index in [9.17, 15) is 9.90 Å². The summed E-state index contributed by atoms with van der Waals surface area (Å²) < 4.78 is 0. The summed E-state index contributed by atoms with van der Waals surface area (Å²) in [6, 6.07) is 6.03. The Labute approximate surface area is 108 Å². The molecule has 0 saturated carbocycles. The van der Waals surface area contributed by atoms with Crippen LogP contribution in [0.15, 0.2) is 18.2 Å². The van der Waals surface area contributed by atoms with Gasteiger partial charge in [0.2, 0.25) is 5.91 Å². The fraction of sp³-hybridized carbons (Fsp3) is 0.500. The van der Waals surface area contributed by atoms with Crippen molar-refractivity contribution >= 4 is 5.91 Å². The maximum absolute atomic E-state index is 10.7. The van der Waals surface area contributed by atoms with Crippen LogP contribution in [0, 0.1) is 13.8 Å². The van der Waals surface area contributed by atoms with Crippen molar-refractivity contribution in [2.24, 2.45) is 0 Å². The molecule has 0 spiro atoms. The number of aliphatic hydroxyl groups is 1. The Kier molecular flexibility index (Phi) is 5.82. The van der Waals surface area contributed by atoms with E-state index in [-0.39, 0.29) is 5.91 Å². The lowest BCUT2D eigenvalue weighted by Crippen LogP contribution is -2.32. The molecule has 0 fully saturated rings. The van der Waals surface area contributed by atoms with Crippen molar-refractivity contribution in [1.82, 2.24) is 10.6 Å². The number of carbonyl (C=O) groups is 1. The lowest BCUT2D eigenvalue weighted by molar-refractivity contribution is -0.118. The number of carbonyl (C=O) groups excluding carboxylic acids is 1. The summed E-state index contributed by atoms with van der Waals surface area (Å²) in [5.41, 5.74) is 3.25. The van der Waals surface area contributed by atoms with Crippen LogP contribution in [0.2, 0.25) is 0 Å². The third-order valence-electron chi connectivity index (χ3n) is 2.80. The molecule has 100 valence electrons. The van der Waals surface area contributed by atoms with Gasteiger partial charge in [-0.05, 0) is 25.0 Å². The zero-order chi connectivity index (χ0) is 13.5. The fourth-order valence-electron chi connectivity index (χ4n) is 1.88. The summed E-state index contributed by atoms with van der Waals surface area (Å²) in [5, 5.41) is 15.9. The Balaban J connectivity index is 2.36. The van der Waals surface area contributed by atoms with Gasteiger partial charge < -0.3 is 15.7 Å². The van der Waals surface area contributed by atoms with E-state index in [1.54, 1.807) is 0 Å². The topological polar surface area (TPSA) is 61.4 Å². The molecular weight excluding hydrogens is 228 g/mol. The van der Waals surface area contributed by atoms with Crippen molar-refractivity contribution in [3.05, 3.63) is 34.9 Å². The predicted molar refractivity (Wildman–Crippen MR) is 72.4 cm³/mol. The van der Waals surface area contributed by atoms with Crippen LogP contribution in [0.4, 0.5) is 0 Å². The van der Waals surface area contributed by atoms with Gasteiger partial charge in [-0.25, -0.2) is 0 Å². The van der Waals surface area contributed by atoms with Gasteiger partial charge >= 0.3 is 0 Å². The van der Waals surface area contributed by atoms with Crippen molar-refractivity contribution in [1.29, 1.82) is 0 Å². The Bertz CT molecular complexity index is 405. The van der Waals surface area contributed by atoms with E-state index in [1.165, 1.54) is 12.5 Å². The van der Waals surface area contributed by atoms with E-state index in [0.717, 1.165) is 11.1 Å². The molecule has 1 unspecified atom stereocenters. The molecule has 1 aromatic carbocycles. The minimum Gasteiger partial charge on any atom is -0.387 e. The second kappa shape index (κ2) is 7.13. The van der Waals surface area contributed by atoms with Crippen LogP contribution in [0.25, 0.3) is 0 Å². The minimum atomic E-state index is -0.511. The quantitative estimate of drug-likeness (QED) is 0.662. The summed E-state index contributed by atoms with van der Waals surface area (Å²) in [6.07, 6.45) is -0.511. The smallest absolute Gasteiger partial charge is 0.216 e. The van der Waals surface area contributed by atoms with Crippen molar-refractivity contribution in [2.45, 2.75) is 26.9 Å². The first kappa shape index (κ1) is 14.7. The van der Waals surface area contributed by atoms with Gasteiger partial charge in [0.25, 0.3) is 0 Å². The van der Waals surface area contributed by atoms with Crippen LogP contribution in [0.5, 0.6) is 0 Å². The van der Waals surface area contributed by atoms with E-state index in [2.05, 4.69) is 16.7 Å². The van der Waals surface area contributed by atoms with Gasteiger partial charge in [0.05, 0.1) is 6.10 Å². The number of nitrogens with one attached hydrogen (secondary N) is 2. The molecule has 0 aliphatic rings. The largest absolute Gasteiger partial charge is 0.387 e. The lowest BCUT2D eigenvalue weighted by Gasteiger charge is -2.15. The van der Waals surface area contributed by atoms with E-state index >= 15 is 0 Å². The van der Waals surface area contributed by atoms with E-state index < -0.39 is 6.10 Å². The number of benzene rings is 1. The molecule has 1 atom stereocenters. The normalized spacial score (nSPS) is 12.2. The molecule has 0 aliphatic carbocycles. The number of aliphatic hydroxyl groups excluding tert-OH is 1. The standard InChI is InChI=1S/C14H22N2O2/c1-10-4-5-13(11(2)8-10)14(18)9-15-6-7-16-12(3)17/h4-5,8,14-15,18H,6-7,9H2,1-3H3,(H,16,17). The molecule has 0 aliphatic heterocycles. The van der Waals surface area contributed by atoms with Gasteiger partial charge in [-0.1, -0.05) is 23.8 Å². The summed E-state index contributed by atoms with van der Waals surface area (Å²) in [6.45, 7) is 7.25. The molecule has 3 N–H and O–H groups in total. The molecule has 0 aromatic heterocycles. The number of rotatable bonds is 6. The predicted octanol–water partition coefficient (Wildman–Crippen LogP) is 1.06. The second-order valence-electron chi connectivity index (χ2n) is 4.56. The average molecular weight is 250 g/mol. The highest BCUT2D eigenvalue weighted by Gasteiger charge is 2.09. The van der Waals surface area contributed by atoms with Crippen molar-refractivity contribution in [2.75, 3.05) is 19.6 Å². The van der Waals surface area contributed by atoms with Gasteiger partial charge in [0, 0.05) is 26.6 Å². The second-order valence-corrected chi connectivity index (χ2v) is 4.56. The maximum Gasteiger partial charge on any atom is 0.216 e. The SMILES string of the molecule is CC(=O)NCCNCC(O)c1ccc(C)cc1C. The zero-order valence-electron chi connectivity index (χ0n) is 11.3. The minimum absolute atomic E-state index is 0.0354. The number of aryl methyl sites for hydroxylation is 2. The van der Waals surface area contributed by atoms with Crippen molar-refractivity contribution in [3.8, 4) is 0 Å². The van der Waals surface area contributed by atoms with E-state index in [1.807, 2.05) is 26.0 Å². The first-order valence-electron chi connectivity index (χ1n) is 6.21. The average Bonchev–Trinajstić information content (AvgIpc) is 2.27. The van der Waals surface area contributed by atoms with Crippen LogP contribution >= 0.6 is 0 Å².